The van der Waals surface area contributed by atoms with Gasteiger partial charge in [-0.05, 0) is 41.5 Å². The zero-order valence-corrected chi connectivity index (χ0v) is 9.18. The average molecular weight is 227 g/mol. The van der Waals surface area contributed by atoms with Gasteiger partial charge in [-0.1, -0.05) is 12.1 Å². The van der Waals surface area contributed by atoms with Crippen LogP contribution in [0.4, 0.5) is 11.4 Å². The van der Waals surface area contributed by atoms with Crippen molar-refractivity contribution in [3.8, 4) is 11.1 Å². The topological polar surface area (TPSA) is 95.1 Å². The second-order valence-electron chi connectivity index (χ2n) is 3.83. The van der Waals surface area contributed by atoms with Crippen LogP contribution in [0.25, 0.3) is 11.1 Å². The third-order valence-electron chi connectivity index (χ3n) is 2.48. The van der Waals surface area contributed by atoms with Crippen LogP contribution in [0.5, 0.6) is 0 Å². The number of carbonyl (C=O) groups is 1. The second-order valence-corrected chi connectivity index (χ2v) is 3.83. The van der Waals surface area contributed by atoms with Crippen molar-refractivity contribution < 1.29 is 4.79 Å². The Bertz CT molecular complexity index is 541. The molecule has 2 aromatic carbocycles. The van der Waals surface area contributed by atoms with Gasteiger partial charge in [0.15, 0.2) is 0 Å². The van der Waals surface area contributed by atoms with Gasteiger partial charge in [0.1, 0.15) is 0 Å². The SMILES string of the molecule is NC(=O)c1ccc(-c2cc(N)cc(N)c2)cc1. The molecule has 86 valence electrons. The van der Waals surface area contributed by atoms with Gasteiger partial charge in [0.25, 0.3) is 0 Å². The van der Waals surface area contributed by atoms with Crippen LogP contribution < -0.4 is 17.2 Å². The van der Waals surface area contributed by atoms with E-state index in [4.69, 9.17) is 17.2 Å². The van der Waals surface area contributed by atoms with Gasteiger partial charge in [0.05, 0.1) is 0 Å². The highest BCUT2D eigenvalue weighted by atomic mass is 16.1. The maximum Gasteiger partial charge on any atom is 0.248 e. The van der Waals surface area contributed by atoms with Gasteiger partial charge < -0.3 is 17.2 Å². The van der Waals surface area contributed by atoms with E-state index in [1.165, 1.54) is 0 Å². The van der Waals surface area contributed by atoms with Crippen LogP contribution in [0.2, 0.25) is 0 Å². The fraction of sp³-hybridized carbons (Fsp3) is 0. The lowest BCUT2D eigenvalue weighted by Gasteiger charge is -2.05. The number of hydrogen-bond donors (Lipinski definition) is 3. The van der Waals surface area contributed by atoms with E-state index in [1.54, 1.807) is 18.2 Å². The van der Waals surface area contributed by atoms with E-state index in [1.807, 2.05) is 24.3 Å². The van der Waals surface area contributed by atoms with Gasteiger partial charge in [-0.25, -0.2) is 0 Å². The molecule has 1 amide bonds. The summed E-state index contributed by atoms with van der Waals surface area (Å²) in [5, 5.41) is 0. The first-order chi connectivity index (χ1) is 8.06. The first-order valence-corrected chi connectivity index (χ1v) is 5.12. The van der Waals surface area contributed by atoms with Crippen LogP contribution in [0, 0.1) is 0 Å². The van der Waals surface area contributed by atoms with Gasteiger partial charge >= 0.3 is 0 Å². The molecule has 6 N–H and O–H groups in total. The molecule has 2 rings (SSSR count). The molecule has 0 bridgehead atoms. The number of nitrogens with two attached hydrogens (primary N) is 3. The molecular weight excluding hydrogens is 214 g/mol. The van der Waals surface area contributed by atoms with E-state index in [0.29, 0.717) is 16.9 Å². The number of anilines is 2. The van der Waals surface area contributed by atoms with Gasteiger partial charge in [-0.15, -0.1) is 0 Å². The average Bonchev–Trinajstić information content (AvgIpc) is 2.28. The predicted octanol–water partition coefficient (Wildman–Crippen LogP) is 1.62. The molecular formula is C13H13N3O. The summed E-state index contributed by atoms with van der Waals surface area (Å²) in [4.78, 5) is 10.9. The van der Waals surface area contributed by atoms with E-state index in [-0.39, 0.29) is 0 Å². The summed E-state index contributed by atoms with van der Waals surface area (Å²) in [6.45, 7) is 0. The number of rotatable bonds is 2. The molecule has 0 aliphatic carbocycles. The number of nitrogen functional groups attached to an aromatic ring is 2. The molecule has 2 aromatic rings. The standard InChI is InChI=1S/C13H13N3O/c14-11-5-10(6-12(15)7-11)8-1-3-9(4-2-8)13(16)17/h1-7H,14-15H2,(H2,16,17). The summed E-state index contributed by atoms with van der Waals surface area (Å²) >= 11 is 0. The first kappa shape index (κ1) is 11.0. The highest BCUT2D eigenvalue weighted by Gasteiger charge is 2.03. The number of carbonyl (C=O) groups excluding carboxylic acids is 1. The zero-order chi connectivity index (χ0) is 12.4. The maximum absolute atomic E-state index is 10.9. The molecule has 0 unspecified atom stereocenters. The first-order valence-electron chi connectivity index (χ1n) is 5.12. The Morgan fingerprint density at radius 1 is 0.824 bits per heavy atom. The number of hydrogen-bond acceptors (Lipinski definition) is 3. The highest BCUT2D eigenvalue weighted by molar-refractivity contribution is 5.93. The Morgan fingerprint density at radius 2 is 1.35 bits per heavy atom. The molecule has 0 spiro atoms. The lowest BCUT2D eigenvalue weighted by Crippen LogP contribution is -2.10. The number of primary amides is 1. The van der Waals surface area contributed by atoms with E-state index in [0.717, 1.165) is 11.1 Å². The summed E-state index contributed by atoms with van der Waals surface area (Å²) < 4.78 is 0. The van der Waals surface area contributed by atoms with Crippen LogP contribution in [-0.2, 0) is 0 Å². The molecule has 0 aromatic heterocycles. The number of benzene rings is 2. The molecule has 0 radical (unpaired) electrons. The molecule has 0 atom stereocenters. The Labute approximate surface area is 99.0 Å². The molecule has 4 heteroatoms. The maximum atomic E-state index is 10.9. The van der Waals surface area contributed by atoms with E-state index < -0.39 is 5.91 Å². The minimum atomic E-state index is -0.441. The van der Waals surface area contributed by atoms with E-state index in [9.17, 15) is 4.79 Å². The Kier molecular flexibility index (Phi) is 2.70. The smallest absolute Gasteiger partial charge is 0.248 e. The van der Waals surface area contributed by atoms with Crippen LogP contribution in [0.3, 0.4) is 0 Å². The van der Waals surface area contributed by atoms with E-state index >= 15 is 0 Å². The Balaban J connectivity index is 2.43. The van der Waals surface area contributed by atoms with Crippen molar-refractivity contribution in [3.63, 3.8) is 0 Å². The van der Waals surface area contributed by atoms with Gasteiger partial charge in [0, 0.05) is 16.9 Å². The van der Waals surface area contributed by atoms with Gasteiger partial charge in [-0.3, -0.25) is 4.79 Å². The second kappa shape index (κ2) is 4.17. The minimum absolute atomic E-state index is 0.441. The largest absolute Gasteiger partial charge is 0.399 e. The van der Waals surface area contributed by atoms with Crippen molar-refractivity contribution in [2.24, 2.45) is 5.73 Å². The summed E-state index contributed by atoms with van der Waals surface area (Å²) in [5.41, 5.74) is 20.2. The third-order valence-corrected chi connectivity index (χ3v) is 2.48. The molecule has 0 heterocycles. The van der Waals surface area contributed by atoms with Gasteiger partial charge in [-0.2, -0.15) is 0 Å². The summed E-state index contributed by atoms with van der Waals surface area (Å²) in [5.74, 6) is -0.441. The molecule has 0 aliphatic heterocycles. The molecule has 0 saturated heterocycles. The van der Waals surface area contributed by atoms with Crippen LogP contribution >= 0.6 is 0 Å². The quantitative estimate of drug-likeness (QED) is 0.680. The van der Waals surface area contributed by atoms with Crippen molar-refractivity contribution in [2.75, 3.05) is 11.5 Å². The number of amides is 1. The third kappa shape index (κ3) is 2.36. The van der Waals surface area contributed by atoms with Crippen molar-refractivity contribution in [2.45, 2.75) is 0 Å². The summed E-state index contributed by atoms with van der Waals surface area (Å²) in [7, 11) is 0. The zero-order valence-electron chi connectivity index (χ0n) is 9.18. The minimum Gasteiger partial charge on any atom is -0.399 e. The monoisotopic (exact) mass is 227 g/mol. The predicted molar refractivity (Wildman–Crippen MR) is 69.2 cm³/mol. The van der Waals surface area contributed by atoms with E-state index in [2.05, 4.69) is 0 Å². The molecule has 4 nitrogen and oxygen atoms in total. The summed E-state index contributed by atoms with van der Waals surface area (Å²) in [6.07, 6.45) is 0. The van der Waals surface area contributed by atoms with Crippen molar-refractivity contribution >= 4 is 17.3 Å². The van der Waals surface area contributed by atoms with Crippen LogP contribution in [0.1, 0.15) is 10.4 Å². The van der Waals surface area contributed by atoms with Gasteiger partial charge in [0.2, 0.25) is 5.91 Å². The van der Waals surface area contributed by atoms with Crippen LogP contribution in [-0.4, -0.2) is 5.91 Å². The van der Waals surface area contributed by atoms with Crippen molar-refractivity contribution in [1.82, 2.24) is 0 Å². The lowest BCUT2D eigenvalue weighted by molar-refractivity contribution is 0.100. The Hall–Kier alpha value is -2.49. The Morgan fingerprint density at radius 3 is 1.82 bits per heavy atom. The van der Waals surface area contributed by atoms with Crippen molar-refractivity contribution in [3.05, 3.63) is 48.0 Å². The lowest BCUT2D eigenvalue weighted by atomic mass is 10.0. The summed E-state index contributed by atoms with van der Waals surface area (Å²) in [6, 6.07) is 12.3. The molecule has 0 fully saturated rings. The molecule has 0 aliphatic rings. The normalized spacial score (nSPS) is 10.1. The fourth-order valence-corrected chi connectivity index (χ4v) is 1.67. The highest BCUT2D eigenvalue weighted by Crippen LogP contribution is 2.24. The van der Waals surface area contributed by atoms with Crippen molar-refractivity contribution in [1.29, 1.82) is 0 Å². The molecule has 0 saturated carbocycles. The molecule has 17 heavy (non-hydrogen) atoms. The van der Waals surface area contributed by atoms with Crippen LogP contribution in [0.15, 0.2) is 42.5 Å². The fourth-order valence-electron chi connectivity index (χ4n) is 1.67.